The van der Waals surface area contributed by atoms with Crippen LogP contribution in [0.15, 0.2) is 54.6 Å². The molecule has 0 aromatic heterocycles. The topological polar surface area (TPSA) is 0 Å². The lowest BCUT2D eigenvalue weighted by atomic mass is 9.62. The molecule has 0 heteroatoms. The Kier molecular flexibility index (Phi) is 3.58. The van der Waals surface area contributed by atoms with E-state index in [-0.39, 0.29) is 10.8 Å². The van der Waals surface area contributed by atoms with Crippen LogP contribution >= 0.6 is 0 Å². The first-order valence-electron chi connectivity index (χ1n) is 9.43. The van der Waals surface area contributed by atoms with Crippen LogP contribution in [0.1, 0.15) is 57.2 Å². The van der Waals surface area contributed by atoms with Gasteiger partial charge in [-0.3, -0.25) is 0 Å². The van der Waals surface area contributed by atoms with Crippen molar-refractivity contribution in [3.63, 3.8) is 0 Å². The molecule has 0 amide bonds. The van der Waals surface area contributed by atoms with Gasteiger partial charge in [0, 0.05) is 0 Å². The first kappa shape index (κ1) is 16.4. The van der Waals surface area contributed by atoms with Crippen LogP contribution < -0.4 is 0 Å². The smallest absolute Gasteiger partial charge is 0.0100 e. The maximum Gasteiger partial charge on any atom is -0.0100 e. The summed E-state index contributed by atoms with van der Waals surface area (Å²) in [5.41, 5.74) is 7.55. The Morgan fingerprint density at radius 2 is 1.32 bits per heavy atom. The van der Waals surface area contributed by atoms with E-state index in [0.29, 0.717) is 0 Å². The lowest BCUT2D eigenvalue weighted by Gasteiger charge is -2.42. The Morgan fingerprint density at radius 3 is 1.96 bits per heavy atom. The van der Waals surface area contributed by atoms with E-state index in [1.165, 1.54) is 51.4 Å². The van der Waals surface area contributed by atoms with Gasteiger partial charge in [-0.2, -0.15) is 0 Å². The Labute approximate surface area is 151 Å². The largest absolute Gasteiger partial charge is 0.0610 e. The standard InChI is InChI=1S/C25H28/c1-17-9-11-18(12-10-17)20-8-6-7-19-15-22-23(16-21(19)20)25(4,5)14-13-24(22,2)3/h6-12,15-16H,13-14H2,1-5H3. The van der Waals surface area contributed by atoms with Gasteiger partial charge in [0.1, 0.15) is 0 Å². The van der Waals surface area contributed by atoms with Crippen LogP contribution in [0.3, 0.4) is 0 Å². The van der Waals surface area contributed by atoms with E-state index in [1.54, 1.807) is 0 Å². The van der Waals surface area contributed by atoms with Gasteiger partial charge in [-0.15, -0.1) is 0 Å². The predicted octanol–water partition coefficient (Wildman–Crippen LogP) is 7.16. The normalized spacial score (nSPS) is 18.1. The molecule has 0 fully saturated rings. The van der Waals surface area contributed by atoms with Crippen molar-refractivity contribution in [3.05, 3.63) is 71.3 Å². The van der Waals surface area contributed by atoms with E-state index in [4.69, 9.17) is 0 Å². The summed E-state index contributed by atoms with van der Waals surface area (Å²) < 4.78 is 0. The van der Waals surface area contributed by atoms with E-state index in [1.807, 2.05) is 0 Å². The second-order valence-corrected chi connectivity index (χ2v) is 9.06. The first-order chi connectivity index (χ1) is 11.8. The van der Waals surface area contributed by atoms with Crippen molar-refractivity contribution in [2.75, 3.05) is 0 Å². The molecule has 0 atom stereocenters. The van der Waals surface area contributed by atoms with Crippen molar-refractivity contribution in [2.24, 2.45) is 0 Å². The predicted molar refractivity (Wildman–Crippen MR) is 109 cm³/mol. The maximum absolute atomic E-state index is 2.49. The molecule has 0 spiro atoms. The van der Waals surface area contributed by atoms with Crippen molar-refractivity contribution in [1.82, 2.24) is 0 Å². The lowest BCUT2D eigenvalue weighted by Crippen LogP contribution is -2.33. The second-order valence-electron chi connectivity index (χ2n) is 9.06. The van der Waals surface area contributed by atoms with Gasteiger partial charge in [0.2, 0.25) is 0 Å². The molecular weight excluding hydrogens is 300 g/mol. The quantitative estimate of drug-likeness (QED) is 0.444. The van der Waals surface area contributed by atoms with Gasteiger partial charge in [0.25, 0.3) is 0 Å². The highest BCUT2D eigenvalue weighted by Crippen LogP contribution is 2.47. The fourth-order valence-corrected chi connectivity index (χ4v) is 4.32. The molecule has 0 nitrogen and oxygen atoms in total. The molecule has 0 saturated heterocycles. The van der Waals surface area contributed by atoms with Gasteiger partial charge in [0.05, 0.1) is 0 Å². The van der Waals surface area contributed by atoms with Crippen molar-refractivity contribution >= 4 is 10.8 Å². The molecule has 0 saturated carbocycles. The Hall–Kier alpha value is -2.08. The SMILES string of the molecule is Cc1ccc(-c2cccc3cc4c(cc23)C(C)(C)CCC4(C)C)cc1. The molecule has 3 aromatic rings. The van der Waals surface area contributed by atoms with Gasteiger partial charge in [-0.05, 0) is 69.7 Å². The molecule has 0 unspecified atom stereocenters. The summed E-state index contributed by atoms with van der Waals surface area (Å²) in [5.74, 6) is 0. The summed E-state index contributed by atoms with van der Waals surface area (Å²) in [6.45, 7) is 11.8. The second kappa shape index (κ2) is 5.46. The van der Waals surface area contributed by atoms with Crippen molar-refractivity contribution in [3.8, 4) is 11.1 Å². The van der Waals surface area contributed by atoms with Crippen LogP contribution in [0.25, 0.3) is 21.9 Å². The van der Waals surface area contributed by atoms with Crippen LogP contribution in [-0.2, 0) is 10.8 Å². The van der Waals surface area contributed by atoms with E-state index < -0.39 is 0 Å². The molecule has 0 aliphatic heterocycles. The highest BCUT2D eigenvalue weighted by atomic mass is 14.4. The van der Waals surface area contributed by atoms with Gasteiger partial charge < -0.3 is 0 Å². The van der Waals surface area contributed by atoms with Crippen LogP contribution in [0.2, 0.25) is 0 Å². The monoisotopic (exact) mass is 328 g/mol. The molecule has 0 heterocycles. The lowest BCUT2D eigenvalue weighted by molar-refractivity contribution is 0.332. The van der Waals surface area contributed by atoms with Crippen molar-refractivity contribution in [2.45, 2.75) is 58.3 Å². The molecule has 128 valence electrons. The Balaban J connectivity index is 2.01. The summed E-state index contributed by atoms with van der Waals surface area (Å²) >= 11 is 0. The fraction of sp³-hybridized carbons (Fsp3) is 0.360. The third kappa shape index (κ3) is 2.68. The zero-order valence-corrected chi connectivity index (χ0v) is 16.1. The van der Waals surface area contributed by atoms with E-state index in [0.717, 1.165) is 0 Å². The Bertz CT molecular complexity index is 940. The van der Waals surface area contributed by atoms with E-state index in [2.05, 4.69) is 89.2 Å². The Morgan fingerprint density at radius 1 is 0.720 bits per heavy atom. The minimum absolute atomic E-state index is 0.249. The molecule has 4 rings (SSSR count). The third-order valence-corrected chi connectivity index (χ3v) is 6.21. The molecule has 1 aliphatic carbocycles. The summed E-state index contributed by atoms with van der Waals surface area (Å²) in [6.07, 6.45) is 2.52. The highest BCUT2D eigenvalue weighted by Gasteiger charge is 2.37. The third-order valence-electron chi connectivity index (χ3n) is 6.21. The van der Waals surface area contributed by atoms with Gasteiger partial charge in [-0.25, -0.2) is 0 Å². The average Bonchev–Trinajstić information content (AvgIpc) is 2.58. The zero-order chi connectivity index (χ0) is 17.8. The van der Waals surface area contributed by atoms with Crippen molar-refractivity contribution in [1.29, 1.82) is 0 Å². The molecule has 1 aliphatic rings. The van der Waals surface area contributed by atoms with E-state index >= 15 is 0 Å². The van der Waals surface area contributed by atoms with Crippen LogP contribution in [0, 0.1) is 6.92 Å². The zero-order valence-electron chi connectivity index (χ0n) is 16.1. The van der Waals surface area contributed by atoms with Crippen LogP contribution in [-0.4, -0.2) is 0 Å². The summed E-state index contributed by atoms with van der Waals surface area (Å²) in [4.78, 5) is 0. The number of fused-ring (bicyclic) bond motifs is 2. The summed E-state index contributed by atoms with van der Waals surface area (Å²) in [5, 5.41) is 2.75. The number of hydrogen-bond donors (Lipinski definition) is 0. The summed E-state index contributed by atoms with van der Waals surface area (Å²) in [7, 11) is 0. The highest BCUT2D eigenvalue weighted by molar-refractivity contribution is 5.98. The number of hydrogen-bond acceptors (Lipinski definition) is 0. The summed E-state index contributed by atoms with van der Waals surface area (Å²) in [6, 6.07) is 20.6. The average molecular weight is 328 g/mol. The number of rotatable bonds is 1. The minimum Gasteiger partial charge on any atom is -0.0610 e. The first-order valence-corrected chi connectivity index (χ1v) is 9.43. The van der Waals surface area contributed by atoms with Gasteiger partial charge in [-0.1, -0.05) is 81.8 Å². The minimum atomic E-state index is 0.249. The molecule has 3 aromatic carbocycles. The molecule has 0 N–H and O–H groups in total. The molecule has 0 bridgehead atoms. The van der Waals surface area contributed by atoms with Crippen LogP contribution in [0.4, 0.5) is 0 Å². The van der Waals surface area contributed by atoms with Crippen molar-refractivity contribution < 1.29 is 0 Å². The van der Waals surface area contributed by atoms with Crippen LogP contribution in [0.5, 0.6) is 0 Å². The van der Waals surface area contributed by atoms with Gasteiger partial charge in [0.15, 0.2) is 0 Å². The fourth-order valence-electron chi connectivity index (χ4n) is 4.32. The molecule has 25 heavy (non-hydrogen) atoms. The van der Waals surface area contributed by atoms with E-state index in [9.17, 15) is 0 Å². The molecule has 0 radical (unpaired) electrons. The maximum atomic E-state index is 2.49. The molecular formula is C25H28. The number of benzene rings is 3. The van der Waals surface area contributed by atoms with Gasteiger partial charge >= 0.3 is 0 Å². The number of aryl methyl sites for hydroxylation is 1.